The van der Waals surface area contributed by atoms with Crippen LogP contribution in [0.25, 0.3) is 0 Å². The van der Waals surface area contributed by atoms with E-state index in [0.717, 1.165) is 103 Å². The first kappa shape index (κ1) is 103. The van der Waals surface area contributed by atoms with Crippen LogP contribution >= 0.6 is 15.6 Å². The summed E-state index contributed by atoms with van der Waals surface area (Å²) in [4.78, 5) is 73.0. The van der Waals surface area contributed by atoms with Gasteiger partial charge in [-0.2, -0.15) is 0 Å². The summed E-state index contributed by atoms with van der Waals surface area (Å²) < 4.78 is 68.7. The van der Waals surface area contributed by atoms with E-state index in [0.29, 0.717) is 25.7 Å². The van der Waals surface area contributed by atoms with Gasteiger partial charge in [-0.3, -0.25) is 37.3 Å². The predicted molar refractivity (Wildman–Crippen MR) is 432 cm³/mol. The Labute approximate surface area is 645 Å². The van der Waals surface area contributed by atoms with Crippen molar-refractivity contribution in [2.45, 2.75) is 489 Å². The number of phosphoric acid groups is 2. The number of carbonyl (C=O) groups is 4. The largest absolute Gasteiger partial charge is 0.472 e. The van der Waals surface area contributed by atoms with Gasteiger partial charge in [-0.15, -0.1) is 0 Å². The van der Waals surface area contributed by atoms with Crippen LogP contribution in [-0.2, 0) is 65.4 Å². The molecule has 0 bridgehead atoms. The van der Waals surface area contributed by atoms with E-state index in [4.69, 9.17) is 37.0 Å². The molecular weight excluding hydrogens is 1370 g/mol. The molecule has 0 amide bonds. The average Bonchev–Trinajstić information content (AvgIpc) is 0.911. The van der Waals surface area contributed by atoms with Crippen molar-refractivity contribution in [3.05, 3.63) is 0 Å². The highest BCUT2D eigenvalue weighted by molar-refractivity contribution is 7.47. The van der Waals surface area contributed by atoms with Crippen LogP contribution in [0.4, 0.5) is 0 Å². The number of phosphoric ester groups is 2. The lowest BCUT2D eigenvalue weighted by atomic mass is 10.0. The molecule has 3 N–H and O–H groups in total. The smallest absolute Gasteiger partial charge is 0.462 e. The Morgan fingerprint density at radius 3 is 0.562 bits per heavy atom. The first-order valence-electron chi connectivity index (χ1n) is 44.8. The SMILES string of the molecule is CCCCCCCCCCCCCCCCCCCCCCCCC(=O)O[C@H](COC(=O)CCCCCCCCCCCCCCCCCCCCCCC)COP(=O)(O)OC[C@@H](O)COP(=O)(O)OC[C@@H](COC(=O)CCCCCCCCC)OC(=O)CCCCCCCCCCCCCCCCC. The maximum Gasteiger partial charge on any atom is 0.472 e. The molecule has 624 valence electrons. The van der Waals surface area contributed by atoms with Gasteiger partial charge in [-0.1, -0.05) is 419 Å². The number of unbranched alkanes of at least 4 members (excludes halogenated alkanes) is 61. The lowest BCUT2D eigenvalue weighted by molar-refractivity contribution is -0.161. The average molecular weight is 1540 g/mol. The molecule has 0 aromatic carbocycles. The van der Waals surface area contributed by atoms with Gasteiger partial charge in [0, 0.05) is 25.7 Å². The summed E-state index contributed by atoms with van der Waals surface area (Å²) in [5.41, 5.74) is 0. The molecule has 0 saturated heterocycles. The van der Waals surface area contributed by atoms with E-state index in [9.17, 15) is 43.2 Å². The topological polar surface area (TPSA) is 237 Å². The van der Waals surface area contributed by atoms with Gasteiger partial charge in [0.2, 0.25) is 0 Å². The fraction of sp³-hybridized carbons (Fsp3) is 0.953. The zero-order valence-corrected chi connectivity index (χ0v) is 70.5. The van der Waals surface area contributed by atoms with Crippen LogP contribution in [0.3, 0.4) is 0 Å². The molecule has 0 radical (unpaired) electrons. The molecule has 0 spiro atoms. The number of hydrogen-bond donors (Lipinski definition) is 3. The molecular formula is C86H168O17P2. The highest BCUT2D eigenvalue weighted by Crippen LogP contribution is 2.45. The summed E-state index contributed by atoms with van der Waals surface area (Å²) >= 11 is 0. The molecule has 0 saturated carbocycles. The molecule has 0 aliphatic heterocycles. The predicted octanol–water partition coefficient (Wildman–Crippen LogP) is 26.5. The van der Waals surface area contributed by atoms with Crippen LogP contribution in [0.1, 0.15) is 471 Å². The van der Waals surface area contributed by atoms with Crippen LogP contribution < -0.4 is 0 Å². The fourth-order valence-electron chi connectivity index (χ4n) is 13.5. The van der Waals surface area contributed by atoms with Crippen LogP contribution in [0.5, 0.6) is 0 Å². The van der Waals surface area contributed by atoms with Gasteiger partial charge in [0.1, 0.15) is 19.3 Å². The zero-order valence-electron chi connectivity index (χ0n) is 68.7. The number of rotatable bonds is 87. The van der Waals surface area contributed by atoms with E-state index in [-0.39, 0.29) is 25.7 Å². The van der Waals surface area contributed by atoms with E-state index in [1.807, 2.05) is 0 Å². The molecule has 0 aromatic heterocycles. The molecule has 0 rings (SSSR count). The molecule has 0 aromatic rings. The quantitative estimate of drug-likeness (QED) is 0.0222. The molecule has 0 fully saturated rings. The standard InChI is InChI=1S/C86H168O17P2/c1-5-9-13-17-21-24-27-30-33-35-37-39-41-43-45-48-51-54-57-61-65-69-73-86(91)103-82(77-97-84(89)71-67-63-59-55-52-49-47-44-42-40-38-36-34-31-28-25-22-18-14-10-6-2)79-101-105(94,95)99-75-80(87)74-98-104(92,93)100-78-81(76-96-83(88)70-66-62-58-20-16-12-8-4)102-85(90)72-68-64-60-56-53-50-46-32-29-26-23-19-15-11-7-3/h80-82,87H,5-79H2,1-4H3,(H,92,93)(H,94,95)/t80-,81+,82+/m0/s1. The molecule has 0 aliphatic carbocycles. The lowest BCUT2D eigenvalue weighted by Gasteiger charge is -2.21. The first-order chi connectivity index (χ1) is 51.2. The van der Waals surface area contributed by atoms with E-state index in [1.165, 1.54) is 289 Å². The van der Waals surface area contributed by atoms with Crippen molar-refractivity contribution in [2.24, 2.45) is 0 Å². The second-order valence-electron chi connectivity index (χ2n) is 30.9. The third-order valence-corrected chi connectivity index (χ3v) is 22.3. The summed E-state index contributed by atoms with van der Waals surface area (Å²) in [5.74, 6) is -2.10. The third kappa shape index (κ3) is 79.9. The monoisotopic (exact) mass is 1540 g/mol. The third-order valence-electron chi connectivity index (χ3n) is 20.4. The van der Waals surface area contributed by atoms with E-state index < -0.39 is 97.5 Å². The molecule has 105 heavy (non-hydrogen) atoms. The van der Waals surface area contributed by atoms with Gasteiger partial charge in [-0.25, -0.2) is 9.13 Å². The Hall–Kier alpha value is -1.94. The van der Waals surface area contributed by atoms with Crippen LogP contribution in [0.2, 0.25) is 0 Å². The number of esters is 4. The Balaban J connectivity index is 5.14. The van der Waals surface area contributed by atoms with Gasteiger partial charge in [0.25, 0.3) is 0 Å². The highest BCUT2D eigenvalue weighted by atomic mass is 31.2. The second-order valence-corrected chi connectivity index (χ2v) is 33.8. The summed E-state index contributed by atoms with van der Waals surface area (Å²) in [5, 5.41) is 10.7. The van der Waals surface area contributed by atoms with Crippen molar-refractivity contribution in [2.75, 3.05) is 39.6 Å². The second kappa shape index (κ2) is 80.1. The number of ether oxygens (including phenoxy) is 4. The molecule has 0 heterocycles. The van der Waals surface area contributed by atoms with Crippen LogP contribution in [0.15, 0.2) is 0 Å². The van der Waals surface area contributed by atoms with Gasteiger partial charge >= 0.3 is 39.5 Å². The normalized spacial score (nSPS) is 13.7. The number of aliphatic hydroxyl groups is 1. The van der Waals surface area contributed by atoms with Crippen molar-refractivity contribution in [1.29, 1.82) is 0 Å². The van der Waals surface area contributed by atoms with Gasteiger partial charge in [0.05, 0.1) is 26.4 Å². The number of hydrogen-bond acceptors (Lipinski definition) is 15. The summed E-state index contributed by atoms with van der Waals surface area (Å²) in [6.07, 6.45) is 75.4. The van der Waals surface area contributed by atoms with Gasteiger partial charge in [-0.05, 0) is 25.7 Å². The molecule has 2 unspecified atom stereocenters. The van der Waals surface area contributed by atoms with Crippen molar-refractivity contribution in [3.63, 3.8) is 0 Å². The Kier molecular flexibility index (Phi) is 78.6. The summed E-state index contributed by atoms with van der Waals surface area (Å²) in [6.45, 7) is 5.01. The van der Waals surface area contributed by atoms with Crippen LogP contribution in [-0.4, -0.2) is 96.7 Å². The number of aliphatic hydroxyl groups excluding tert-OH is 1. The number of carbonyl (C=O) groups excluding carboxylic acids is 4. The Morgan fingerprint density at radius 2 is 0.381 bits per heavy atom. The zero-order chi connectivity index (χ0) is 76.7. The van der Waals surface area contributed by atoms with Gasteiger partial charge < -0.3 is 33.8 Å². The van der Waals surface area contributed by atoms with Crippen molar-refractivity contribution in [1.82, 2.24) is 0 Å². The summed E-state index contributed by atoms with van der Waals surface area (Å²) in [6, 6.07) is 0. The minimum absolute atomic E-state index is 0.108. The molecule has 5 atom stereocenters. The Bertz CT molecular complexity index is 1980. The molecule has 17 nitrogen and oxygen atoms in total. The van der Waals surface area contributed by atoms with Crippen molar-refractivity contribution in [3.8, 4) is 0 Å². The minimum atomic E-state index is -4.96. The first-order valence-corrected chi connectivity index (χ1v) is 47.8. The molecule has 19 heteroatoms. The van der Waals surface area contributed by atoms with E-state index in [2.05, 4.69) is 27.7 Å². The van der Waals surface area contributed by atoms with Gasteiger partial charge in [0.15, 0.2) is 12.2 Å². The van der Waals surface area contributed by atoms with Crippen molar-refractivity contribution < 1.29 is 80.2 Å². The lowest BCUT2D eigenvalue weighted by Crippen LogP contribution is -2.30. The van der Waals surface area contributed by atoms with E-state index >= 15 is 0 Å². The maximum absolute atomic E-state index is 13.1. The van der Waals surface area contributed by atoms with E-state index in [1.54, 1.807) is 0 Å². The van der Waals surface area contributed by atoms with Crippen molar-refractivity contribution >= 4 is 39.5 Å². The highest BCUT2D eigenvalue weighted by Gasteiger charge is 2.30. The maximum atomic E-state index is 13.1. The van der Waals surface area contributed by atoms with Crippen LogP contribution in [0, 0.1) is 0 Å². The summed E-state index contributed by atoms with van der Waals surface area (Å²) in [7, 11) is -9.92. The Morgan fingerprint density at radius 1 is 0.229 bits per heavy atom. The minimum Gasteiger partial charge on any atom is -0.462 e. The fourth-order valence-corrected chi connectivity index (χ4v) is 15.1. The molecule has 0 aliphatic rings.